The van der Waals surface area contributed by atoms with Crippen molar-refractivity contribution in [2.45, 2.75) is 49.5 Å². The van der Waals surface area contributed by atoms with Gasteiger partial charge in [0.15, 0.2) is 21.7 Å². The van der Waals surface area contributed by atoms with Crippen LogP contribution in [0.15, 0.2) is 56.2 Å². The van der Waals surface area contributed by atoms with Crippen molar-refractivity contribution in [3.63, 3.8) is 0 Å². The summed E-state index contributed by atoms with van der Waals surface area (Å²) in [5.74, 6) is -0.243. The fraction of sp³-hybridized carbons (Fsp3) is 0.379. The first-order valence-corrected chi connectivity index (χ1v) is 14.2. The number of ketones is 1. The number of aliphatic imine (C=N–C) groups is 1. The van der Waals surface area contributed by atoms with Gasteiger partial charge in [-0.3, -0.25) is 14.6 Å². The van der Waals surface area contributed by atoms with Crippen molar-refractivity contribution in [3.8, 4) is 5.75 Å². The second-order valence-corrected chi connectivity index (χ2v) is 11.9. The molecule has 12 heteroatoms. The molecular formula is C29H31N5O6S. The molecule has 2 unspecified atom stereocenters. The number of nitrogens with zero attached hydrogens (tertiary/aromatic N) is 3. The van der Waals surface area contributed by atoms with Crippen molar-refractivity contribution in [1.82, 2.24) is 20.0 Å². The molecule has 3 aromatic heterocycles. The Morgan fingerprint density at radius 2 is 2.02 bits per heavy atom. The van der Waals surface area contributed by atoms with Crippen molar-refractivity contribution in [3.05, 3.63) is 53.5 Å². The number of benzene rings is 1. The van der Waals surface area contributed by atoms with Gasteiger partial charge in [-0.1, -0.05) is 0 Å². The number of methoxy groups -OCH3 is 1. The molecule has 11 nitrogen and oxygen atoms in total. The number of H-pyrrole nitrogens is 2. The highest BCUT2D eigenvalue weighted by Gasteiger charge is 2.46. The van der Waals surface area contributed by atoms with Crippen molar-refractivity contribution >= 4 is 45.9 Å². The summed E-state index contributed by atoms with van der Waals surface area (Å²) in [6.07, 6.45) is 1.72. The number of hydrogen-bond donors (Lipinski definition) is 2. The minimum Gasteiger partial charge on any atom is -0.497 e. The molecule has 1 saturated heterocycles. The number of imidazole rings is 1. The Hall–Kier alpha value is -3.87. The van der Waals surface area contributed by atoms with Gasteiger partial charge in [-0.2, -0.15) is 5.06 Å². The number of esters is 1. The van der Waals surface area contributed by atoms with Gasteiger partial charge >= 0.3 is 5.97 Å². The first kappa shape index (κ1) is 27.3. The van der Waals surface area contributed by atoms with E-state index in [0.29, 0.717) is 39.5 Å². The van der Waals surface area contributed by atoms with E-state index >= 15 is 0 Å². The van der Waals surface area contributed by atoms with Crippen LogP contribution < -0.4 is 4.74 Å². The molecule has 0 aliphatic carbocycles. The molecule has 0 amide bonds. The molecule has 2 aliphatic heterocycles. The van der Waals surface area contributed by atoms with E-state index in [9.17, 15) is 9.59 Å². The zero-order valence-corrected chi connectivity index (χ0v) is 24.3. The molecule has 1 fully saturated rings. The highest BCUT2D eigenvalue weighted by Crippen LogP contribution is 2.47. The van der Waals surface area contributed by atoms with Crippen molar-refractivity contribution in [2.24, 2.45) is 10.9 Å². The lowest BCUT2D eigenvalue weighted by molar-refractivity contribution is -0.222. The SMILES string of the molecule is CCOC(=O)c1[nH]cc2c1N=C1CN(OC(C)(C)C)CC(=O)C1C2c1ccc(Sc2nc3ccc(OC)cc3[nH]2)o1. The number of rotatable bonds is 7. The van der Waals surface area contributed by atoms with E-state index < -0.39 is 23.4 Å². The lowest BCUT2D eigenvalue weighted by Crippen LogP contribution is -2.52. The molecule has 214 valence electrons. The number of carbonyl (C=O) groups excluding carboxylic acids is 2. The van der Waals surface area contributed by atoms with Gasteiger partial charge in [0.1, 0.15) is 11.5 Å². The Kier molecular flexibility index (Phi) is 7.00. The fourth-order valence-electron chi connectivity index (χ4n) is 5.31. The van der Waals surface area contributed by atoms with E-state index in [0.717, 1.165) is 16.8 Å². The largest absolute Gasteiger partial charge is 0.497 e. The summed E-state index contributed by atoms with van der Waals surface area (Å²) in [5.41, 5.74) is 3.22. The van der Waals surface area contributed by atoms with E-state index in [4.69, 9.17) is 23.7 Å². The zero-order chi connectivity index (χ0) is 28.9. The Morgan fingerprint density at radius 3 is 2.78 bits per heavy atom. The summed E-state index contributed by atoms with van der Waals surface area (Å²) in [6.45, 7) is 8.21. The number of hydrogen-bond acceptors (Lipinski definition) is 10. The number of aromatic nitrogens is 3. The molecule has 0 bridgehead atoms. The van der Waals surface area contributed by atoms with Crippen LogP contribution in [-0.4, -0.2) is 69.9 Å². The third-order valence-corrected chi connectivity index (χ3v) is 7.65. The molecule has 6 rings (SSSR count). The highest BCUT2D eigenvalue weighted by molar-refractivity contribution is 7.99. The summed E-state index contributed by atoms with van der Waals surface area (Å²) in [5, 5.41) is 2.91. The van der Waals surface area contributed by atoms with Crippen LogP contribution in [0.1, 0.15) is 55.4 Å². The predicted octanol–water partition coefficient (Wildman–Crippen LogP) is 5.27. The maximum Gasteiger partial charge on any atom is 0.357 e. The fourth-order valence-corrected chi connectivity index (χ4v) is 6.08. The van der Waals surface area contributed by atoms with Crippen LogP contribution >= 0.6 is 11.8 Å². The first-order valence-electron chi connectivity index (χ1n) is 13.4. The normalized spacial score (nSPS) is 19.1. The third-order valence-electron chi connectivity index (χ3n) is 6.84. The average Bonchev–Trinajstić information content (AvgIpc) is 3.64. The lowest BCUT2D eigenvalue weighted by Gasteiger charge is -2.39. The number of fused-ring (bicyclic) bond motifs is 3. The molecule has 2 aliphatic rings. The van der Waals surface area contributed by atoms with E-state index in [1.54, 1.807) is 25.3 Å². The van der Waals surface area contributed by atoms with Crippen LogP contribution in [0.25, 0.3) is 11.0 Å². The Balaban J connectivity index is 1.35. The number of hydroxylamine groups is 2. The average molecular weight is 578 g/mol. The van der Waals surface area contributed by atoms with E-state index in [-0.39, 0.29) is 24.6 Å². The van der Waals surface area contributed by atoms with E-state index in [1.165, 1.54) is 11.8 Å². The standard InChI is InChI=1S/C29H31N5O6S/c1-6-38-27(36)26-25-16(12-30-26)23(24-19(31-25)13-34(14-20(24)35)40-29(2,3)4)21-9-10-22(39-21)41-28-32-17-8-7-15(37-5)11-18(17)33-28/h7-12,23-24,30H,6,13-14H2,1-5H3,(H,32,33). The van der Waals surface area contributed by atoms with Gasteiger partial charge in [-0.15, -0.1) is 0 Å². The Labute approximate surface area is 240 Å². The number of aromatic amines is 2. The summed E-state index contributed by atoms with van der Waals surface area (Å²) in [6, 6.07) is 9.37. The van der Waals surface area contributed by atoms with Crippen LogP contribution in [0, 0.1) is 5.92 Å². The summed E-state index contributed by atoms with van der Waals surface area (Å²) < 4.78 is 16.9. The zero-order valence-electron chi connectivity index (χ0n) is 23.4. The topological polar surface area (TPSA) is 135 Å². The van der Waals surface area contributed by atoms with Gasteiger partial charge in [0.25, 0.3) is 0 Å². The third kappa shape index (κ3) is 5.30. The van der Waals surface area contributed by atoms with Gasteiger partial charge in [-0.25, -0.2) is 9.78 Å². The molecule has 0 saturated carbocycles. The molecule has 2 atom stereocenters. The molecule has 4 aromatic rings. The van der Waals surface area contributed by atoms with Crippen LogP contribution in [0.3, 0.4) is 0 Å². The molecule has 2 N–H and O–H groups in total. The van der Waals surface area contributed by atoms with Crippen molar-refractivity contribution < 1.29 is 28.3 Å². The van der Waals surface area contributed by atoms with Crippen LogP contribution in [0.2, 0.25) is 0 Å². The maximum absolute atomic E-state index is 13.6. The number of piperidine rings is 1. The minimum atomic E-state index is -0.559. The smallest absolute Gasteiger partial charge is 0.357 e. The van der Waals surface area contributed by atoms with Gasteiger partial charge in [0.05, 0.1) is 61.0 Å². The number of nitrogens with one attached hydrogen (secondary N) is 2. The molecular weight excluding hydrogens is 546 g/mol. The van der Waals surface area contributed by atoms with E-state index in [1.807, 2.05) is 51.1 Å². The summed E-state index contributed by atoms with van der Waals surface area (Å²) in [7, 11) is 1.62. The number of furan rings is 1. The lowest BCUT2D eigenvalue weighted by atomic mass is 9.75. The number of Topliss-reactive ketones (excluding diaryl/α,β-unsaturated/α-hetero) is 1. The van der Waals surface area contributed by atoms with E-state index in [2.05, 4.69) is 15.0 Å². The Morgan fingerprint density at radius 1 is 1.20 bits per heavy atom. The quantitative estimate of drug-likeness (QED) is 0.282. The van der Waals surface area contributed by atoms with Gasteiger partial charge in [-0.05, 0) is 63.7 Å². The summed E-state index contributed by atoms with van der Waals surface area (Å²) >= 11 is 1.35. The molecule has 0 radical (unpaired) electrons. The van der Waals surface area contributed by atoms with Crippen LogP contribution in [0.4, 0.5) is 5.69 Å². The molecule has 0 spiro atoms. The molecule has 5 heterocycles. The molecule has 41 heavy (non-hydrogen) atoms. The van der Waals surface area contributed by atoms with Crippen molar-refractivity contribution in [1.29, 1.82) is 0 Å². The highest BCUT2D eigenvalue weighted by atomic mass is 32.2. The molecule has 1 aromatic carbocycles. The minimum absolute atomic E-state index is 0.0365. The number of carbonyl (C=O) groups is 2. The Bertz CT molecular complexity index is 1660. The second kappa shape index (κ2) is 10.5. The first-order chi connectivity index (χ1) is 19.6. The van der Waals surface area contributed by atoms with Crippen LogP contribution in [0.5, 0.6) is 5.75 Å². The van der Waals surface area contributed by atoms with Gasteiger partial charge in [0, 0.05) is 23.5 Å². The second-order valence-electron chi connectivity index (χ2n) is 10.9. The number of ether oxygens (including phenoxy) is 2. The maximum atomic E-state index is 13.6. The van der Waals surface area contributed by atoms with Gasteiger partial charge in [0.2, 0.25) is 0 Å². The van der Waals surface area contributed by atoms with Crippen molar-refractivity contribution in [2.75, 3.05) is 26.8 Å². The summed E-state index contributed by atoms with van der Waals surface area (Å²) in [4.78, 5) is 48.2. The monoisotopic (exact) mass is 577 g/mol. The van der Waals surface area contributed by atoms with Crippen LogP contribution in [-0.2, 0) is 14.4 Å². The van der Waals surface area contributed by atoms with Gasteiger partial charge < -0.3 is 23.9 Å². The predicted molar refractivity (Wildman–Crippen MR) is 152 cm³/mol.